The Hall–Kier alpha value is -2.42. The average Bonchev–Trinajstić information content (AvgIpc) is 3.51. The van der Waals surface area contributed by atoms with Gasteiger partial charge in [-0.05, 0) is 74.0 Å². The third-order valence-electron chi connectivity index (χ3n) is 5.69. The molecule has 0 unspecified atom stereocenters. The molecule has 1 aliphatic heterocycles. The molecule has 0 aliphatic carbocycles. The van der Waals surface area contributed by atoms with Gasteiger partial charge in [-0.25, -0.2) is 0 Å². The molecule has 1 saturated heterocycles. The molecule has 1 fully saturated rings. The van der Waals surface area contributed by atoms with Crippen molar-refractivity contribution in [2.45, 2.75) is 32.7 Å². The second kappa shape index (κ2) is 9.80. The zero-order valence-corrected chi connectivity index (χ0v) is 19.4. The molecular weight excluding hydrogens is 430 g/mol. The number of hydrogen-bond donors (Lipinski definition) is 2. The van der Waals surface area contributed by atoms with Crippen LogP contribution in [0.15, 0.2) is 46.4 Å². The summed E-state index contributed by atoms with van der Waals surface area (Å²) in [5.74, 6) is 0.577. The molecule has 4 rings (SSSR count). The smallest absolute Gasteiger partial charge is 0.291 e. The Morgan fingerprint density at radius 1 is 1.23 bits per heavy atom. The number of nitrogens with zero attached hydrogens (tertiary/aromatic N) is 1. The first-order valence-corrected chi connectivity index (χ1v) is 12.2. The highest BCUT2D eigenvalue weighted by atomic mass is 32.1. The lowest BCUT2D eigenvalue weighted by Gasteiger charge is -2.36. The number of hydrogen-bond acceptors (Lipinski definition) is 6. The molecule has 6 nitrogen and oxygen atoms in total. The number of carbonyl (C=O) groups is 2. The number of aryl methyl sites for hydroxylation is 1. The number of rotatable bonds is 7. The molecule has 1 atom stereocenters. The standard InChI is InChI=1S/C23H27N3O3S2/c1-15-7-9-26(10-8-15)17(19-6-4-12-30-19)14-24-23(28)21-16(2)13-20(31-21)25-22(27)18-5-3-11-29-18/h3-6,11-13,15,17H,7-10,14H2,1-2H3,(H,24,28)(H,25,27)/t17-/m1/s1. The quantitative estimate of drug-likeness (QED) is 0.513. The van der Waals surface area contributed by atoms with E-state index in [-0.39, 0.29) is 23.6 Å². The van der Waals surface area contributed by atoms with Crippen molar-refractivity contribution < 1.29 is 14.0 Å². The number of piperidine rings is 1. The Morgan fingerprint density at radius 3 is 2.71 bits per heavy atom. The molecule has 164 valence electrons. The maximum Gasteiger partial charge on any atom is 0.291 e. The van der Waals surface area contributed by atoms with Crippen LogP contribution in [0, 0.1) is 12.8 Å². The van der Waals surface area contributed by atoms with Gasteiger partial charge in [0.2, 0.25) is 0 Å². The lowest BCUT2D eigenvalue weighted by atomic mass is 9.97. The van der Waals surface area contributed by atoms with Gasteiger partial charge in [0.25, 0.3) is 11.8 Å². The molecule has 0 saturated carbocycles. The van der Waals surface area contributed by atoms with Gasteiger partial charge in [-0.15, -0.1) is 22.7 Å². The minimum absolute atomic E-state index is 0.104. The van der Waals surface area contributed by atoms with Crippen LogP contribution in [0.25, 0.3) is 0 Å². The lowest BCUT2D eigenvalue weighted by Crippen LogP contribution is -2.41. The van der Waals surface area contributed by atoms with Crippen LogP contribution in [0.3, 0.4) is 0 Å². The molecular formula is C23H27N3O3S2. The average molecular weight is 458 g/mol. The molecule has 3 aromatic rings. The summed E-state index contributed by atoms with van der Waals surface area (Å²) in [4.78, 5) is 29.5. The van der Waals surface area contributed by atoms with E-state index in [1.807, 2.05) is 13.0 Å². The first-order chi connectivity index (χ1) is 15.0. The van der Waals surface area contributed by atoms with Crippen LogP contribution < -0.4 is 10.6 Å². The van der Waals surface area contributed by atoms with Crippen molar-refractivity contribution in [1.29, 1.82) is 0 Å². The van der Waals surface area contributed by atoms with E-state index in [9.17, 15) is 9.59 Å². The molecule has 31 heavy (non-hydrogen) atoms. The molecule has 8 heteroatoms. The van der Waals surface area contributed by atoms with Gasteiger partial charge in [-0.1, -0.05) is 13.0 Å². The van der Waals surface area contributed by atoms with E-state index in [1.165, 1.54) is 35.3 Å². The van der Waals surface area contributed by atoms with E-state index in [0.29, 0.717) is 16.4 Å². The van der Waals surface area contributed by atoms with Crippen LogP contribution in [-0.4, -0.2) is 36.3 Å². The van der Waals surface area contributed by atoms with E-state index < -0.39 is 0 Å². The zero-order chi connectivity index (χ0) is 21.8. The van der Waals surface area contributed by atoms with Crippen LogP contribution >= 0.6 is 22.7 Å². The summed E-state index contributed by atoms with van der Waals surface area (Å²) in [6, 6.07) is 9.51. The molecule has 3 aromatic heterocycles. The number of furan rings is 1. The second-order valence-corrected chi connectivity index (χ2v) is 10.0. The molecule has 0 spiro atoms. The summed E-state index contributed by atoms with van der Waals surface area (Å²) in [5.41, 5.74) is 0.844. The summed E-state index contributed by atoms with van der Waals surface area (Å²) in [5, 5.41) is 8.66. The van der Waals surface area contributed by atoms with Crippen molar-refractivity contribution in [3.63, 3.8) is 0 Å². The largest absolute Gasteiger partial charge is 0.459 e. The van der Waals surface area contributed by atoms with E-state index in [2.05, 4.69) is 40.0 Å². The van der Waals surface area contributed by atoms with Gasteiger partial charge >= 0.3 is 0 Å². The molecule has 4 heterocycles. The van der Waals surface area contributed by atoms with Gasteiger partial charge in [0, 0.05) is 11.4 Å². The predicted molar refractivity (Wildman–Crippen MR) is 125 cm³/mol. The van der Waals surface area contributed by atoms with E-state index in [1.54, 1.807) is 23.5 Å². The highest BCUT2D eigenvalue weighted by molar-refractivity contribution is 7.18. The summed E-state index contributed by atoms with van der Waals surface area (Å²) in [6.07, 6.45) is 3.84. The van der Waals surface area contributed by atoms with E-state index in [4.69, 9.17) is 4.42 Å². The number of carbonyl (C=O) groups excluding carboxylic acids is 2. The van der Waals surface area contributed by atoms with Crippen LogP contribution in [0.1, 0.15) is 56.5 Å². The topological polar surface area (TPSA) is 74.6 Å². The Kier molecular flexibility index (Phi) is 6.89. The van der Waals surface area contributed by atoms with Gasteiger partial charge in [0.1, 0.15) is 0 Å². The molecule has 0 aromatic carbocycles. The van der Waals surface area contributed by atoms with Crippen LogP contribution in [-0.2, 0) is 0 Å². The first kappa shape index (κ1) is 21.8. The van der Waals surface area contributed by atoms with Gasteiger partial charge in [0.15, 0.2) is 5.76 Å². The fourth-order valence-corrected chi connectivity index (χ4v) is 5.70. The second-order valence-electron chi connectivity index (χ2n) is 8.01. The molecule has 0 bridgehead atoms. The van der Waals surface area contributed by atoms with Crippen LogP contribution in [0.5, 0.6) is 0 Å². The Morgan fingerprint density at radius 2 is 2.03 bits per heavy atom. The van der Waals surface area contributed by atoms with Gasteiger partial charge in [-0.2, -0.15) is 0 Å². The van der Waals surface area contributed by atoms with Gasteiger partial charge in [0.05, 0.1) is 22.2 Å². The zero-order valence-electron chi connectivity index (χ0n) is 17.7. The van der Waals surface area contributed by atoms with Gasteiger partial charge in [-0.3, -0.25) is 14.5 Å². The highest BCUT2D eigenvalue weighted by Crippen LogP contribution is 2.30. The van der Waals surface area contributed by atoms with Crippen molar-refractivity contribution in [3.05, 3.63) is 63.1 Å². The van der Waals surface area contributed by atoms with Crippen molar-refractivity contribution in [2.75, 3.05) is 25.0 Å². The minimum Gasteiger partial charge on any atom is -0.459 e. The molecule has 2 amide bonds. The SMILES string of the molecule is Cc1cc(NC(=O)c2ccco2)sc1C(=O)NC[C@H](c1cccs1)N1CCC(C)CC1. The van der Waals surface area contributed by atoms with Crippen molar-refractivity contribution >= 4 is 39.5 Å². The van der Waals surface area contributed by atoms with Gasteiger partial charge < -0.3 is 15.1 Å². The molecule has 2 N–H and O–H groups in total. The fourth-order valence-electron chi connectivity index (χ4n) is 3.85. The minimum atomic E-state index is -0.324. The number of anilines is 1. The summed E-state index contributed by atoms with van der Waals surface area (Å²) < 4.78 is 5.13. The van der Waals surface area contributed by atoms with Crippen LogP contribution in [0.2, 0.25) is 0 Å². The third kappa shape index (κ3) is 5.26. The number of thiophene rings is 2. The normalized spacial score (nSPS) is 16.2. The molecule has 1 aliphatic rings. The summed E-state index contributed by atoms with van der Waals surface area (Å²) in [7, 11) is 0. The Labute approximate surface area is 190 Å². The monoisotopic (exact) mass is 457 g/mol. The molecule has 0 radical (unpaired) electrons. The number of nitrogens with one attached hydrogen (secondary N) is 2. The maximum absolute atomic E-state index is 13.0. The predicted octanol–water partition coefficient (Wildman–Crippen LogP) is 5.17. The van der Waals surface area contributed by atoms with Crippen molar-refractivity contribution in [1.82, 2.24) is 10.2 Å². The van der Waals surface area contributed by atoms with Crippen molar-refractivity contribution in [3.8, 4) is 0 Å². The van der Waals surface area contributed by atoms with Crippen LogP contribution in [0.4, 0.5) is 5.00 Å². The summed E-state index contributed by atoms with van der Waals surface area (Å²) in [6.45, 7) is 6.87. The Bertz CT molecular complexity index is 1000. The van der Waals surface area contributed by atoms with E-state index in [0.717, 1.165) is 24.6 Å². The maximum atomic E-state index is 13.0. The fraction of sp³-hybridized carbons (Fsp3) is 0.391. The lowest BCUT2D eigenvalue weighted by molar-refractivity contribution is 0.0917. The first-order valence-electron chi connectivity index (χ1n) is 10.5. The highest BCUT2D eigenvalue weighted by Gasteiger charge is 2.26. The Balaban J connectivity index is 1.41. The number of likely N-dealkylation sites (tertiary alicyclic amines) is 1. The van der Waals surface area contributed by atoms with E-state index >= 15 is 0 Å². The number of amides is 2. The summed E-state index contributed by atoms with van der Waals surface area (Å²) >= 11 is 3.02. The van der Waals surface area contributed by atoms with Crippen molar-refractivity contribution in [2.24, 2.45) is 5.92 Å². The third-order valence-corrected chi connectivity index (χ3v) is 7.82.